The van der Waals surface area contributed by atoms with Crippen LogP contribution in [0.25, 0.3) is 0 Å². The molecule has 0 spiro atoms. The summed E-state index contributed by atoms with van der Waals surface area (Å²) in [5, 5.41) is 2.89. The molecule has 0 radical (unpaired) electrons. The van der Waals surface area contributed by atoms with Crippen LogP contribution in [0.4, 0.5) is 4.39 Å². The minimum Gasteiger partial charge on any atom is -0.311 e. The Bertz CT molecular complexity index is 199. The van der Waals surface area contributed by atoms with E-state index in [1.807, 2.05) is 30.3 Å². The first-order valence-electron chi connectivity index (χ1n) is 3.66. The van der Waals surface area contributed by atoms with Crippen molar-refractivity contribution >= 4 is 12.4 Å². The van der Waals surface area contributed by atoms with E-state index >= 15 is 0 Å². The van der Waals surface area contributed by atoms with E-state index in [1.54, 1.807) is 7.05 Å². The normalized spacial score (nSPS) is 11.8. The lowest BCUT2D eigenvalue weighted by molar-refractivity contribution is 0.400. The first-order valence-corrected chi connectivity index (χ1v) is 3.66. The van der Waals surface area contributed by atoms with Crippen LogP contribution in [-0.2, 0) is 0 Å². The zero-order valence-electron chi connectivity index (χ0n) is 6.96. The number of nitrogens with one attached hydrogen (secondary N) is 1. The first kappa shape index (κ1) is 11.4. The van der Waals surface area contributed by atoms with Gasteiger partial charge in [-0.1, -0.05) is 30.3 Å². The molecular weight excluding hydrogens is 177 g/mol. The predicted molar refractivity (Wildman–Crippen MR) is 51.5 cm³/mol. The second kappa shape index (κ2) is 5.98. The average molecular weight is 190 g/mol. The molecule has 12 heavy (non-hydrogen) atoms. The molecule has 0 aliphatic rings. The molecule has 1 N–H and O–H groups in total. The monoisotopic (exact) mass is 189 g/mol. The van der Waals surface area contributed by atoms with Crippen molar-refractivity contribution in [3.8, 4) is 0 Å². The van der Waals surface area contributed by atoms with Gasteiger partial charge in [0.2, 0.25) is 0 Å². The van der Waals surface area contributed by atoms with E-state index in [2.05, 4.69) is 5.32 Å². The van der Waals surface area contributed by atoms with Crippen molar-refractivity contribution in [2.45, 2.75) is 6.04 Å². The molecule has 0 heterocycles. The summed E-state index contributed by atoms with van der Waals surface area (Å²) < 4.78 is 12.3. The van der Waals surface area contributed by atoms with Gasteiger partial charge >= 0.3 is 0 Å². The summed E-state index contributed by atoms with van der Waals surface area (Å²) in [5.74, 6) is 0. The maximum atomic E-state index is 12.3. The Kier molecular flexibility index (Phi) is 5.68. The van der Waals surface area contributed by atoms with Gasteiger partial charge in [-0.05, 0) is 12.6 Å². The summed E-state index contributed by atoms with van der Waals surface area (Å²) >= 11 is 0. The molecule has 0 fully saturated rings. The molecule has 68 valence electrons. The van der Waals surface area contributed by atoms with Crippen molar-refractivity contribution in [1.82, 2.24) is 5.32 Å². The molecule has 0 saturated carbocycles. The zero-order chi connectivity index (χ0) is 8.10. The van der Waals surface area contributed by atoms with Crippen LogP contribution in [0.3, 0.4) is 0 Å². The Morgan fingerprint density at radius 3 is 2.33 bits per heavy atom. The summed E-state index contributed by atoms with van der Waals surface area (Å²) in [7, 11) is 1.76. The van der Waals surface area contributed by atoms with Crippen LogP contribution in [0.15, 0.2) is 30.3 Å². The van der Waals surface area contributed by atoms with Crippen molar-refractivity contribution in [3.05, 3.63) is 35.9 Å². The third kappa shape index (κ3) is 2.80. The molecule has 3 heteroatoms. The summed E-state index contributed by atoms with van der Waals surface area (Å²) in [6.07, 6.45) is 0. The van der Waals surface area contributed by atoms with Gasteiger partial charge in [-0.3, -0.25) is 0 Å². The molecule has 0 unspecified atom stereocenters. The molecule has 1 nitrogen and oxygen atoms in total. The highest BCUT2D eigenvalue weighted by Crippen LogP contribution is 2.11. The maximum absolute atomic E-state index is 12.3. The quantitative estimate of drug-likeness (QED) is 0.770. The SMILES string of the molecule is CN[C@H](CF)c1ccccc1.Cl. The average Bonchev–Trinajstić information content (AvgIpc) is 2.09. The maximum Gasteiger partial charge on any atom is 0.109 e. The molecule has 0 aliphatic heterocycles. The number of halogens is 2. The van der Waals surface area contributed by atoms with Crippen LogP contribution < -0.4 is 5.32 Å². The van der Waals surface area contributed by atoms with Crippen molar-refractivity contribution in [2.75, 3.05) is 13.7 Å². The van der Waals surface area contributed by atoms with Gasteiger partial charge < -0.3 is 5.32 Å². The summed E-state index contributed by atoms with van der Waals surface area (Å²) in [6.45, 7) is -0.361. The molecule has 0 bridgehead atoms. The van der Waals surface area contributed by atoms with Crippen molar-refractivity contribution in [1.29, 1.82) is 0 Å². The zero-order valence-corrected chi connectivity index (χ0v) is 7.77. The van der Waals surface area contributed by atoms with Crippen LogP contribution in [0, 0.1) is 0 Å². The van der Waals surface area contributed by atoms with Crippen LogP contribution in [0.2, 0.25) is 0 Å². The number of hydrogen-bond acceptors (Lipinski definition) is 1. The van der Waals surface area contributed by atoms with E-state index < -0.39 is 0 Å². The van der Waals surface area contributed by atoms with Gasteiger partial charge in [0.05, 0.1) is 6.04 Å². The molecule has 1 rings (SSSR count). The third-order valence-electron chi connectivity index (χ3n) is 1.70. The van der Waals surface area contributed by atoms with Gasteiger partial charge in [0.25, 0.3) is 0 Å². The van der Waals surface area contributed by atoms with Gasteiger partial charge in [0.15, 0.2) is 0 Å². The molecule has 0 aromatic heterocycles. The largest absolute Gasteiger partial charge is 0.311 e. The highest BCUT2D eigenvalue weighted by atomic mass is 35.5. The molecule has 0 aliphatic carbocycles. The summed E-state index contributed by atoms with van der Waals surface area (Å²) in [6, 6.07) is 9.43. The highest BCUT2D eigenvalue weighted by Gasteiger charge is 2.05. The smallest absolute Gasteiger partial charge is 0.109 e. The Hall–Kier alpha value is -0.600. The topological polar surface area (TPSA) is 12.0 Å². The lowest BCUT2D eigenvalue weighted by Gasteiger charge is -2.11. The molecule has 0 amide bonds. The Balaban J connectivity index is 0.00000121. The van der Waals surface area contributed by atoms with Crippen LogP contribution in [-0.4, -0.2) is 13.7 Å². The lowest BCUT2D eigenvalue weighted by Crippen LogP contribution is -2.17. The molecule has 0 saturated heterocycles. The van der Waals surface area contributed by atoms with E-state index in [4.69, 9.17) is 0 Å². The highest BCUT2D eigenvalue weighted by molar-refractivity contribution is 5.85. The molecule has 1 atom stereocenters. The second-order valence-electron chi connectivity index (χ2n) is 2.41. The fraction of sp³-hybridized carbons (Fsp3) is 0.333. The van der Waals surface area contributed by atoms with E-state index in [9.17, 15) is 4.39 Å². The van der Waals surface area contributed by atoms with E-state index in [0.717, 1.165) is 5.56 Å². The lowest BCUT2D eigenvalue weighted by atomic mass is 10.1. The molecule has 1 aromatic carbocycles. The van der Waals surface area contributed by atoms with Gasteiger partial charge in [-0.25, -0.2) is 4.39 Å². The minimum atomic E-state index is -0.361. The second-order valence-corrected chi connectivity index (χ2v) is 2.41. The predicted octanol–water partition coefficient (Wildman–Crippen LogP) is 2.34. The van der Waals surface area contributed by atoms with Crippen LogP contribution in [0.5, 0.6) is 0 Å². The third-order valence-corrected chi connectivity index (χ3v) is 1.70. The Labute approximate surface area is 78.4 Å². The fourth-order valence-electron chi connectivity index (χ4n) is 1.02. The van der Waals surface area contributed by atoms with Crippen molar-refractivity contribution in [2.24, 2.45) is 0 Å². The number of rotatable bonds is 3. The van der Waals surface area contributed by atoms with E-state index in [1.165, 1.54) is 0 Å². The number of benzene rings is 1. The van der Waals surface area contributed by atoms with Gasteiger partial charge in [0, 0.05) is 0 Å². The van der Waals surface area contributed by atoms with E-state index in [-0.39, 0.29) is 25.1 Å². The van der Waals surface area contributed by atoms with Crippen molar-refractivity contribution in [3.63, 3.8) is 0 Å². The molecular formula is C9H13ClFN. The Morgan fingerprint density at radius 1 is 1.33 bits per heavy atom. The fourth-order valence-corrected chi connectivity index (χ4v) is 1.02. The first-order chi connectivity index (χ1) is 5.38. The standard InChI is InChI=1S/C9H12FN.ClH/c1-11-9(7-10)8-5-3-2-4-6-8;/h2-6,9,11H,7H2,1H3;1H/t9-;/m1./s1. The Morgan fingerprint density at radius 2 is 1.92 bits per heavy atom. The summed E-state index contributed by atoms with van der Waals surface area (Å²) in [5.41, 5.74) is 0.998. The minimum absolute atomic E-state index is 0. The van der Waals surface area contributed by atoms with E-state index in [0.29, 0.717) is 0 Å². The molecule has 1 aromatic rings. The van der Waals surface area contributed by atoms with Gasteiger partial charge in [-0.2, -0.15) is 0 Å². The van der Waals surface area contributed by atoms with Crippen molar-refractivity contribution < 1.29 is 4.39 Å². The number of alkyl halides is 1. The van der Waals surface area contributed by atoms with Crippen LogP contribution in [0.1, 0.15) is 11.6 Å². The van der Waals surface area contributed by atoms with Gasteiger partial charge in [-0.15, -0.1) is 12.4 Å². The van der Waals surface area contributed by atoms with Crippen LogP contribution >= 0.6 is 12.4 Å². The number of hydrogen-bond donors (Lipinski definition) is 1. The summed E-state index contributed by atoms with van der Waals surface area (Å²) in [4.78, 5) is 0. The van der Waals surface area contributed by atoms with Gasteiger partial charge in [0.1, 0.15) is 6.67 Å².